The molecule has 2 N–H and O–H groups in total. The predicted molar refractivity (Wildman–Crippen MR) is 83.6 cm³/mol. The number of nitrogens with zero attached hydrogens (tertiary/aromatic N) is 2. The van der Waals surface area contributed by atoms with Crippen molar-refractivity contribution in [1.82, 2.24) is 5.32 Å². The first-order valence-corrected chi connectivity index (χ1v) is 6.83. The minimum Gasteiger partial charge on any atom is -0.502 e. The van der Waals surface area contributed by atoms with Crippen LogP contribution in [-0.2, 0) is 11.3 Å². The van der Waals surface area contributed by atoms with Gasteiger partial charge in [-0.2, -0.15) is 5.26 Å². The monoisotopic (exact) mass is 327 g/mol. The Morgan fingerprint density at radius 3 is 2.79 bits per heavy atom. The molecule has 122 valence electrons. The maximum Gasteiger partial charge on any atom is 0.311 e. The molecule has 0 fully saturated rings. The summed E-state index contributed by atoms with van der Waals surface area (Å²) in [5, 5.41) is 31.8. The number of hydrogen-bond donors (Lipinski definition) is 2. The van der Waals surface area contributed by atoms with E-state index < -0.39 is 22.3 Å². The topological polar surface area (TPSA) is 129 Å². The van der Waals surface area contributed by atoms with Gasteiger partial charge in [0.25, 0.3) is 5.91 Å². The van der Waals surface area contributed by atoms with Crippen LogP contribution < -0.4 is 5.32 Å². The van der Waals surface area contributed by atoms with E-state index in [1.165, 1.54) is 12.1 Å². The van der Waals surface area contributed by atoms with Crippen LogP contribution in [0.1, 0.15) is 17.1 Å². The van der Waals surface area contributed by atoms with Gasteiger partial charge >= 0.3 is 5.69 Å². The third-order valence-corrected chi connectivity index (χ3v) is 3.09. The smallest absolute Gasteiger partial charge is 0.311 e. The normalized spacial score (nSPS) is 10.9. The lowest BCUT2D eigenvalue weighted by Gasteiger charge is -2.03. The summed E-state index contributed by atoms with van der Waals surface area (Å²) < 4.78 is 5.30. The molecule has 0 unspecified atom stereocenters. The third-order valence-electron chi connectivity index (χ3n) is 3.09. The van der Waals surface area contributed by atoms with Crippen LogP contribution in [0.4, 0.5) is 5.69 Å². The molecular formula is C16H13N3O5. The highest BCUT2D eigenvalue weighted by Crippen LogP contribution is 2.27. The maximum atomic E-state index is 12.0. The van der Waals surface area contributed by atoms with Crippen LogP contribution in [0, 0.1) is 28.4 Å². The first kappa shape index (κ1) is 16.8. The molecule has 0 aliphatic carbocycles. The molecule has 0 atom stereocenters. The Bertz CT molecular complexity index is 861. The van der Waals surface area contributed by atoms with Gasteiger partial charge in [-0.1, -0.05) is 6.07 Å². The van der Waals surface area contributed by atoms with Crippen molar-refractivity contribution in [3.63, 3.8) is 0 Å². The zero-order valence-electron chi connectivity index (χ0n) is 12.6. The number of nitriles is 1. The summed E-state index contributed by atoms with van der Waals surface area (Å²) in [5.74, 6) is 0.112. The number of hydrogen-bond acceptors (Lipinski definition) is 6. The lowest BCUT2D eigenvalue weighted by atomic mass is 10.1. The molecule has 8 heteroatoms. The molecule has 1 amide bonds. The molecule has 0 saturated heterocycles. The highest BCUT2D eigenvalue weighted by molar-refractivity contribution is 6.01. The van der Waals surface area contributed by atoms with Crippen molar-refractivity contribution in [2.75, 3.05) is 0 Å². The van der Waals surface area contributed by atoms with Gasteiger partial charge in [-0.3, -0.25) is 14.9 Å². The molecule has 1 aromatic heterocycles. The number of amides is 1. The van der Waals surface area contributed by atoms with Crippen LogP contribution in [0.2, 0.25) is 0 Å². The predicted octanol–water partition coefficient (Wildman–Crippen LogP) is 2.43. The van der Waals surface area contributed by atoms with Gasteiger partial charge in [-0.15, -0.1) is 0 Å². The van der Waals surface area contributed by atoms with E-state index in [-0.39, 0.29) is 17.7 Å². The Kier molecular flexibility index (Phi) is 4.96. The first-order chi connectivity index (χ1) is 11.4. The quantitative estimate of drug-likeness (QED) is 0.375. The summed E-state index contributed by atoms with van der Waals surface area (Å²) in [6.07, 6.45) is 1.20. The van der Waals surface area contributed by atoms with Crippen molar-refractivity contribution in [1.29, 1.82) is 5.26 Å². The molecule has 24 heavy (non-hydrogen) atoms. The maximum absolute atomic E-state index is 12.0. The van der Waals surface area contributed by atoms with E-state index in [2.05, 4.69) is 5.32 Å². The van der Waals surface area contributed by atoms with Crippen molar-refractivity contribution in [2.24, 2.45) is 0 Å². The van der Waals surface area contributed by atoms with Gasteiger partial charge in [0.1, 0.15) is 23.2 Å². The van der Waals surface area contributed by atoms with Crippen LogP contribution in [0.25, 0.3) is 6.08 Å². The summed E-state index contributed by atoms with van der Waals surface area (Å²) in [5.41, 5.74) is -0.481. The number of aryl methyl sites for hydroxylation is 1. The standard InChI is InChI=1S/C16H13N3O5/c1-10-2-4-13(24-10)9-18-16(21)12(8-17)6-11-3-5-15(20)14(7-11)19(22)23/h2-7,20H,9H2,1H3,(H,18,21). The number of benzene rings is 1. The number of nitro groups is 1. The van der Waals surface area contributed by atoms with Crippen LogP contribution >= 0.6 is 0 Å². The molecule has 0 aliphatic rings. The average Bonchev–Trinajstić information content (AvgIpc) is 2.97. The molecule has 0 bridgehead atoms. The fourth-order valence-electron chi connectivity index (χ4n) is 1.93. The molecule has 0 spiro atoms. The molecule has 1 aromatic carbocycles. The first-order valence-electron chi connectivity index (χ1n) is 6.83. The number of rotatable bonds is 5. The van der Waals surface area contributed by atoms with Crippen LogP contribution in [0.3, 0.4) is 0 Å². The number of carbonyl (C=O) groups excluding carboxylic acids is 1. The van der Waals surface area contributed by atoms with Gasteiger partial charge in [0.2, 0.25) is 0 Å². The zero-order chi connectivity index (χ0) is 17.7. The summed E-state index contributed by atoms with van der Waals surface area (Å²) in [6, 6.07) is 8.76. The lowest BCUT2D eigenvalue weighted by Crippen LogP contribution is -2.23. The average molecular weight is 327 g/mol. The van der Waals surface area contributed by atoms with Gasteiger partial charge < -0.3 is 14.8 Å². The Hall–Kier alpha value is -3.60. The zero-order valence-corrected chi connectivity index (χ0v) is 12.6. The van der Waals surface area contributed by atoms with Gasteiger partial charge in [-0.25, -0.2) is 0 Å². The second-order valence-corrected chi connectivity index (χ2v) is 4.87. The Morgan fingerprint density at radius 1 is 1.46 bits per heavy atom. The molecule has 0 saturated carbocycles. The highest BCUT2D eigenvalue weighted by atomic mass is 16.6. The second kappa shape index (κ2) is 7.11. The number of phenols is 1. The van der Waals surface area contributed by atoms with Crippen LogP contribution in [0.15, 0.2) is 40.3 Å². The Balaban J connectivity index is 2.16. The minimum atomic E-state index is -0.752. The molecule has 2 aromatic rings. The lowest BCUT2D eigenvalue weighted by molar-refractivity contribution is -0.385. The van der Waals surface area contributed by atoms with E-state index in [1.807, 2.05) is 0 Å². The molecule has 0 aliphatic heterocycles. The molecule has 2 rings (SSSR count). The number of nitrogens with one attached hydrogen (secondary N) is 1. The molecule has 1 heterocycles. The molecular weight excluding hydrogens is 314 g/mol. The van der Waals surface area contributed by atoms with E-state index in [4.69, 9.17) is 9.68 Å². The fourth-order valence-corrected chi connectivity index (χ4v) is 1.93. The van der Waals surface area contributed by atoms with E-state index in [1.54, 1.807) is 25.1 Å². The van der Waals surface area contributed by atoms with Gasteiger partial charge in [0, 0.05) is 6.07 Å². The van der Waals surface area contributed by atoms with Crippen molar-refractivity contribution in [3.05, 3.63) is 63.1 Å². The van der Waals surface area contributed by atoms with E-state index >= 15 is 0 Å². The third kappa shape index (κ3) is 3.98. The molecule has 8 nitrogen and oxygen atoms in total. The Morgan fingerprint density at radius 2 is 2.21 bits per heavy atom. The van der Waals surface area contributed by atoms with Crippen molar-refractivity contribution in [3.8, 4) is 11.8 Å². The summed E-state index contributed by atoms with van der Waals surface area (Å²) in [6.45, 7) is 1.88. The summed E-state index contributed by atoms with van der Waals surface area (Å²) in [7, 11) is 0. The number of nitro benzene ring substituents is 1. The summed E-state index contributed by atoms with van der Waals surface area (Å²) >= 11 is 0. The molecule has 0 radical (unpaired) electrons. The van der Waals surface area contributed by atoms with Crippen molar-refractivity contribution >= 4 is 17.7 Å². The van der Waals surface area contributed by atoms with Crippen LogP contribution in [0.5, 0.6) is 5.75 Å². The second-order valence-electron chi connectivity index (χ2n) is 4.87. The van der Waals surface area contributed by atoms with Crippen LogP contribution in [-0.4, -0.2) is 15.9 Å². The van der Waals surface area contributed by atoms with Gasteiger partial charge in [-0.05, 0) is 36.8 Å². The number of phenolic OH excluding ortho intramolecular Hbond substituents is 1. The number of furan rings is 1. The SMILES string of the molecule is Cc1ccc(CNC(=O)C(C#N)=Cc2ccc(O)c([N+](=O)[O-])c2)o1. The van der Waals surface area contributed by atoms with Gasteiger partial charge in [0.15, 0.2) is 5.75 Å². The largest absolute Gasteiger partial charge is 0.502 e. The minimum absolute atomic E-state index is 0.113. The van der Waals surface area contributed by atoms with Crippen molar-refractivity contribution < 1.29 is 19.2 Å². The fraction of sp³-hybridized carbons (Fsp3) is 0.125. The van der Waals surface area contributed by atoms with E-state index in [9.17, 15) is 20.0 Å². The number of carbonyl (C=O) groups is 1. The summed E-state index contributed by atoms with van der Waals surface area (Å²) in [4.78, 5) is 22.1. The van der Waals surface area contributed by atoms with E-state index in [0.717, 1.165) is 12.1 Å². The van der Waals surface area contributed by atoms with E-state index in [0.29, 0.717) is 11.5 Å². The van der Waals surface area contributed by atoms with Crippen molar-refractivity contribution in [2.45, 2.75) is 13.5 Å². The number of aromatic hydroxyl groups is 1. The highest BCUT2D eigenvalue weighted by Gasteiger charge is 2.15. The van der Waals surface area contributed by atoms with Gasteiger partial charge in [0.05, 0.1) is 11.5 Å². The Labute approximate surface area is 136 Å².